The van der Waals surface area contributed by atoms with Crippen LogP contribution in [0.3, 0.4) is 0 Å². The summed E-state index contributed by atoms with van der Waals surface area (Å²) in [4.78, 5) is 0. The number of anilines is 1. The highest BCUT2D eigenvalue weighted by Gasteiger charge is 2.17. The van der Waals surface area contributed by atoms with Gasteiger partial charge in [-0.2, -0.15) is 0 Å². The average molecular weight is 298 g/mol. The standard InChI is InChI=1S/C15H14ClF2NO/c1-9-10(16)4-2-7-13(9)19-8-14(20)15-11(17)5-3-6-12(15)18/h2-7,14,19-20H,8H2,1H3. The maximum absolute atomic E-state index is 13.5. The van der Waals surface area contributed by atoms with Gasteiger partial charge >= 0.3 is 0 Å². The molecule has 0 saturated heterocycles. The van der Waals surface area contributed by atoms with E-state index in [9.17, 15) is 13.9 Å². The molecule has 0 saturated carbocycles. The van der Waals surface area contributed by atoms with Crippen LogP contribution < -0.4 is 5.32 Å². The molecule has 0 aliphatic carbocycles. The first-order valence-corrected chi connectivity index (χ1v) is 6.49. The first-order chi connectivity index (χ1) is 9.50. The lowest BCUT2D eigenvalue weighted by Gasteiger charge is -2.16. The van der Waals surface area contributed by atoms with Crippen molar-refractivity contribution in [2.75, 3.05) is 11.9 Å². The van der Waals surface area contributed by atoms with Crippen molar-refractivity contribution in [1.82, 2.24) is 0 Å². The van der Waals surface area contributed by atoms with Gasteiger partial charge in [-0.3, -0.25) is 0 Å². The normalized spacial score (nSPS) is 12.2. The topological polar surface area (TPSA) is 32.3 Å². The maximum atomic E-state index is 13.5. The third-order valence-electron chi connectivity index (χ3n) is 3.09. The van der Waals surface area contributed by atoms with Crippen molar-refractivity contribution in [3.8, 4) is 0 Å². The smallest absolute Gasteiger partial charge is 0.132 e. The SMILES string of the molecule is Cc1c(Cl)cccc1NCC(O)c1c(F)cccc1F. The number of hydrogen-bond acceptors (Lipinski definition) is 2. The van der Waals surface area contributed by atoms with E-state index in [1.54, 1.807) is 18.2 Å². The Morgan fingerprint density at radius 2 is 1.75 bits per heavy atom. The van der Waals surface area contributed by atoms with Crippen LogP contribution in [0.4, 0.5) is 14.5 Å². The Morgan fingerprint density at radius 3 is 2.40 bits per heavy atom. The molecule has 2 aromatic rings. The Hall–Kier alpha value is -1.65. The van der Waals surface area contributed by atoms with Gasteiger partial charge in [0.05, 0.1) is 5.56 Å². The van der Waals surface area contributed by atoms with Gasteiger partial charge in [0.25, 0.3) is 0 Å². The van der Waals surface area contributed by atoms with E-state index in [4.69, 9.17) is 11.6 Å². The zero-order valence-electron chi connectivity index (χ0n) is 10.8. The monoisotopic (exact) mass is 297 g/mol. The van der Waals surface area contributed by atoms with Crippen LogP contribution in [0.2, 0.25) is 5.02 Å². The van der Waals surface area contributed by atoms with Gasteiger partial charge in [0.15, 0.2) is 0 Å². The molecular formula is C15H14ClF2NO. The maximum Gasteiger partial charge on any atom is 0.132 e. The molecule has 20 heavy (non-hydrogen) atoms. The van der Waals surface area contributed by atoms with Crippen LogP contribution in [-0.2, 0) is 0 Å². The highest BCUT2D eigenvalue weighted by Crippen LogP contribution is 2.25. The minimum absolute atomic E-state index is 0.0148. The number of halogens is 3. The molecule has 1 atom stereocenters. The highest BCUT2D eigenvalue weighted by atomic mass is 35.5. The van der Waals surface area contributed by atoms with Crippen molar-refractivity contribution in [3.05, 3.63) is 64.2 Å². The van der Waals surface area contributed by atoms with Crippen molar-refractivity contribution in [3.63, 3.8) is 0 Å². The lowest BCUT2D eigenvalue weighted by atomic mass is 10.1. The number of rotatable bonds is 4. The van der Waals surface area contributed by atoms with Crippen LogP contribution in [0.25, 0.3) is 0 Å². The van der Waals surface area contributed by atoms with Gasteiger partial charge in [0.1, 0.15) is 17.7 Å². The molecular weight excluding hydrogens is 284 g/mol. The summed E-state index contributed by atoms with van der Waals surface area (Å²) in [5.74, 6) is -1.52. The van der Waals surface area contributed by atoms with Gasteiger partial charge in [0.2, 0.25) is 0 Å². The summed E-state index contributed by atoms with van der Waals surface area (Å²) < 4.78 is 27.0. The van der Waals surface area contributed by atoms with Gasteiger partial charge in [-0.25, -0.2) is 8.78 Å². The summed E-state index contributed by atoms with van der Waals surface area (Å²) in [5.41, 5.74) is 1.20. The quantitative estimate of drug-likeness (QED) is 0.891. The van der Waals surface area contributed by atoms with Crippen LogP contribution in [0.1, 0.15) is 17.2 Å². The van der Waals surface area contributed by atoms with Crippen molar-refractivity contribution in [1.29, 1.82) is 0 Å². The van der Waals surface area contributed by atoms with Crippen LogP contribution >= 0.6 is 11.6 Å². The van der Waals surface area contributed by atoms with Crippen molar-refractivity contribution < 1.29 is 13.9 Å². The Bertz CT molecular complexity index is 599. The van der Waals surface area contributed by atoms with Crippen molar-refractivity contribution >= 4 is 17.3 Å². The first-order valence-electron chi connectivity index (χ1n) is 6.11. The van der Waals surface area contributed by atoms with Gasteiger partial charge in [-0.15, -0.1) is 0 Å². The minimum Gasteiger partial charge on any atom is -0.386 e. The highest BCUT2D eigenvalue weighted by molar-refractivity contribution is 6.31. The first kappa shape index (κ1) is 14.8. The number of nitrogens with one attached hydrogen (secondary N) is 1. The molecule has 0 radical (unpaired) electrons. The fourth-order valence-corrected chi connectivity index (χ4v) is 2.11. The zero-order valence-corrected chi connectivity index (χ0v) is 11.6. The molecule has 5 heteroatoms. The molecule has 2 aromatic carbocycles. The van der Waals surface area contributed by atoms with Gasteiger partial charge < -0.3 is 10.4 Å². The van der Waals surface area contributed by atoms with E-state index in [0.717, 1.165) is 17.7 Å². The van der Waals surface area contributed by atoms with Gasteiger partial charge in [-0.1, -0.05) is 23.7 Å². The largest absolute Gasteiger partial charge is 0.386 e. The number of benzene rings is 2. The molecule has 2 N–H and O–H groups in total. The Morgan fingerprint density at radius 1 is 1.15 bits per heavy atom. The van der Waals surface area contributed by atoms with E-state index < -0.39 is 17.7 Å². The molecule has 0 heterocycles. The second-order valence-corrected chi connectivity index (χ2v) is 4.85. The van der Waals surface area contributed by atoms with E-state index in [1.807, 2.05) is 6.92 Å². The van der Waals surface area contributed by atoms with Gasteiger partial charge in [-0.05, 0) is 36.8 Å². The molecule has 0 aliphatic heterocycles. The summed E-state index contributed by atoms with van der Waals surface area (Å²) in [7, 11) is 0. The molecule has 0 spiro atoms. The number of aliphatic hydroxyl groups is 1. The van der Waals surface area contributed by atoms with E-state index in [-0.39, 0.29) is 12.1 Å². The Balaban J connectivity index is 2.13. The number of hydrogen-bond donors (Lipinski definition) is 2. The van der Waals surface area contributed by atoms with Crippen LogP contribution in [0.15, 0.2) is 36.4 Å². The summed E-state index contributed by atoms with van der Waals surface area (Å²) in [5, 5.41) is 13.5. The number of aliphatic hydroxyl groups excluding tert-OH is 1. The summed E-state index contributed by atoms with van der Waals surface area (Å²) in [6.07, 6.45) is -1.28. The molecule has 0 aliphatic rings. The van der Waals surface area contributed by atoms with Crippen LogP contribution in [0, 0.1) is 18.6 Å². The van der Waals surface area contributed by atoms with E-state index in [2.05, 4.69) is 5.32 Å². The molecule has 106 valence electrons. The Kier molecular flexibility index (Phi) is 4.57. The third kappa shape index (κ3) is 3.08. The predicted octanol–water partition coefficient (Wildman–Crippen LogP) is 4.07. The molecule has 0 fully saturated rings. The van der Waals surface area contributed by atoms with Crippen LogP contribution in [0.5, 0.6) is 0 Å². The van der Waals surface area contributed by atoms with Crippen LogP contribution in [-0.4, -0.2) is 11.7 Å². The Labute approximate surface area is 121 Å². The fourth-order valence-electron chi connectivity index (χ4n) is 1.94. The lowest BCUT2D eigenvalue weighted by Crippen LogP contribution is -2.15. The molecule has 0 aromatic heterocycles. The van der Waals surface area contributed by atoms with E-state index in [1.165, 1.54) is 6.07 Å². The molecule has 2 nitrogen and oxygen atoms in total. The predicted molar refractivity (Wildman–Crippen MR) is 76.0 cm³/mol. The third-order valence-corrected chi connectivity index (χ3v) is 3.50. The summed E-state index contributed by atoms with van der Waals surface area (Å²) >= 11 is 5.97. The average Bonchev–Trinajstić information content (AvgIpc) is 2.40. The second kappa shape index (κ2) is 6.20. The molecule has 2 rings (SSSR count). The summed E-state index contributed by atoms with van der Waals surface area (Å²) in [6.45, 7) is 1.81. The molecule has 0 amide bonds. The van der Waals surface area contributed by atoms with Gasteiger partial charge in [0, 0.05) is 17.3 Å². The second-order valence-electron chi connectivity index (χ2n) is 4.44. The van der Waals surface area contributed by atoms with E-state index in [0.29, 0.717) is 10.7 Å². The molecule has 1 unspecified atom stereocenters. The fraction of sp³-hybridized carbons (Fsp3) is 0.200. The van der Waals surface area contributed by atoms with E-state index >= 15 is 0 Å². The molecule has 0 bridgehead atoms. The minimum atomic E-state index is -1.28. The van der Waals surface area contributed by atoms with Crippen molar-refractivity contribution in [2.24, 2.45) is 0 Å². The summed E-state index contributed by atoms with van der Waals surface area (Å²) in [6, 6.07) is 8.78. The lowest BCUT2D eigenvalue weighted by molar-refractivity contribution is 0.181. The zero-order chi connectivity index (χ0) is 14.7. The van der Waals surface area contributed by atoms with Crippen molar-refractivity contribution in [2.45, 2.75) is 13.0 Å².